The lowest BCUT2D eigenvalue weighted by Crippen LogP contribution is -2.51. The van der Waals surface area contributed by atoms with Crippen molar-refractivity contribution in [2.45, 2.75) is 13.3 Å². The highest BCUT2D eigenvalue weighted by Gasteiger charge is 2.24. The van der Waals surface area contributed by atoms with E-state index in [0.717, 1.165) is 36.4 Å². The highest BCUT2D eigenvalue weighted by atomic mass is 35.5. The van der Waals surface area contributed by atoms with Crippen LogP contribution in [0.4, 0.5) is 11.4 Å². The molecule has 0 atom stereocenters. The van der Waals surface area contributed by atoms with Gasteiger partial charge < -0.3 is 20.0 Å². The topological polar surface area (TPSA) is 73.0 Å². The Hall–Kier alpha value is -3.06. The van der Waals surface area contributed by atoms with Crippen molar-refractivity contribution >= 4 is 40.7 Å². The number of nitrogens with zero attached hydrogens (tertiary/aromatic N) is 3. The van der Waals surface area contributed by atoms with Crippen molar-refractivity contribution in [3.05, 3.63) is 58.6 Å². The van der Waals surface area contributed by atoms with Gasteiger partial charge in [0.15, 0.2) is 0 Å². The first-order chi connectivity index (χ1) is 14.9. The fraction of sp³-hybridized carbons (Fsp3) is 0.348. The van der Waals surface area contributed by atoms with Gasteiger partial charge in [0.1, 0.15) is 0 Å². The standard InChI is InChI=1S/C23H25ClN4O3/c1-16(29)28-8-7-17-13-18(5-6-21(17)28)23(31)25-15-22(30)27-11-9-26(10-12-27)20-4-2-3-19(24)14-20/h2-6,13-14H,7-12,15H2,1H3,(H,25,31). The summed E-state index contributed by atoms with van der Waals surface area (Å²) in [5.41, 5.74) is 3.39. The molecule has 1 fully saturated rings. The molecule has 2 aliphatic heterocycles. The van der Waals surface area contributed by atoms with Crippen LogP contribution in [0.25, 0.3) is 0 Å². The van der Waals surface area contributed by atoms with Crippen LogP contribution in [0.1, 0.15) is 22.8 Å². The van der Waals surface area contributed by atoms with Crippen LogP contribution in [0.15, 0.2) is 42.5 Å². The Balaban J connectivity index is 1.28. The molecule has 2 aliphatic rings. The van der Waals surface area contributed by atoms with Crippen molar-refractivity contribution in [1.29, 1.82) is 0 Å². The van der Waals surface area contributed by atoms with Crippen LogP contribution in [0.5, 0.6) is 0 Å². The van der Waals surface area contributed by atoms with Gasteiger partial charge in [0.25, 0.3) is 5.91 Å². The smallest absolute Gasteiger partial charge is 0.251 e. The minimum Gasteiger partial charge on any atom is -0.368 e. The summed E-state index contributed by atoms with van der Waals surface area (Å²) in [5.74, 6) is -0.380. The number of benzene rings is 2. The van der Waals surface area contributed by atoms with Crippen molar-refractivity contribution in [2.75, 3.05) is 49.1 Å². The highest BCUT2D eigenvalue weighted by Crippen LogP contribution is 2.29. The molecular formula is C23H25ClN4O3. The Morgan fingerprint density at radius 3 is 2.48 bits per heavy atom. The van der Waals surface area contributed by atoms with E-state index in [-0.39, 0.29) is 24.3 Å². The number of anilines is 2. The van der Waals surface area contributed by atoms with Gasteiger partial charge in [0.05, 0.1) is 6.54 Å². The molecular weight excluding hydrogens is 416 g/mol. The Bertz CT molecular complexity index is 1020. The number of nitrogens with one attached hydrogen (secondary N) is 1. The lowest BCUT2D eigenvalue weighted by atomic mass is 10.1. The highest BCUT2D eigenvalue weighted by molar-refractivity contribution is 6.30. The van der Waals surface area contributed by atoms with E-state index in [0.29, 0.717) is 30.2 Å². The molecule has 2 aromatic carbocycles. The zero-order valence-electron chi connectivity index (χ0n) is 17.4. The van der Waals surface area contributed by atoms with Crippen LogP contribution in [0.2, 0.25) is 5.02 Å². The Labute approximate surface area is 186 Å². The number of carbonyl (C=O) groups excluding carboxylic acids is 3. The summed E-state index contributed by atoms with van der Waals surface area (Å²) in [4.78, 5) is 42.4. The van der Waals surface area contributed by atoms with Crippen molar-refractivity contribution in [1.82, 2.24) is 10.2 Å². The van der Waals surface area contributed by atoms with E-state index in [1.54, 1.807) is 21.9 Å². The maximum Gasteiger partial charge on any atom is 0.251 e. The third-order valence-electron chi connectivity index (χ3n) is 5.82. The van der Waals surface area contributed by atoms with E-state index in [2.05, 4.69) is 10.2 Å². The third kappa shape index (κ3) is 4.66. The lowest BCUT2D eigenvalue weighted by molar-refractivity contribution is -0.130. The first kappa shape index (κ1) is 21.2. The van der Waals surface area contributed by atoms with Gasteiger partial charge in [-0.15, -0.1) is 0 Å². The maximum atomic E-state index is 12.6. The lowest BCUT2D eigenvalue weighted by Gasteiger charge is -2.36. The van der Waals surface area contributed by atoms with Crippen LogP contribution < -0.4 is 15.1 Å². The van der Waals surface area contributed by atoms with Crippen LogP contribution in [-0.2, 0) is 16.0 Å². The van der Waals surface area contributed by atoms with E-state index in [4.69, 9.17) is 11.6 Å². The number of hydrogen-bond donors (Lipinski definition) is 1. The van der Waals surface area contributed by atoms with Gasteiger partial charge >= 0.3 is 0 Å². The van der Waals surface area contributed by atoms with Gasteiger partial charge in [-0.1, -0.05) is 17.7 Å². The molecule has 0 radical (unpaired) electrons. The summed E-state index contributed by atoms with van der Waals surface area (Å²) < 4.78 is 0. The SMILES string of the molecule is CC(=O)N1CCc2cc(C(=O)NCC(=O)N3CCN(c4cccc(Cl)c4)CC3)ccc21. The molecule has 8 heteroatoms. The molecule has 1 saturated heterocycles. The molecule has 0 saturated carbocycles. The zero-order chi connectivity index (χ0) is 22.0. The Morgan fingerprint density at radius 1 is 1.00 bits per heavy atom. The van der Waals surface area contributed by atoms with E-state index in [9.17, 15) is 14.4 Å². The molecule has 2 aromatic rings. The van der Waals surface area contributed by atoms with Crippen molar-refractivity contribution in [3.63, 3.8) is 0 Å². The average molecular weight is 441 g/mol. The summed E-state index contributed by atoms with van der Waals surface area (Å²) in [6.45, 7) is 4.77. The largest absolute Gasteiger partial charge is 0.368 e. The number of carbonyl (C=O) groups is 3. The van der Waals surface area contributed by atoms with Crippen LogP contribution in [0, 0.1) is 0 Å². The molecule has 0 bridgehead atoms. The molecule has 7 nitrogen and oxygen atoms in total. The second-order valence-electron chi connectivity index (χ2n) is 7.79. The molecule has 4 rings (SSSR count). The number of halogens is 1. The Morgan fingerprint density at radius 2 is 1.77 bits per heavy atom. The molecule has 0 aromatic heterocycles. The van der Waals surface area contributed by atoms with E-state index in [1.165, 1.54) is 6.92 Å². The predicted molar refractivity (Wildman–Crippen MR) is 121 cm³/mol. The van der Waals surface area contributed by atoms with Gasteiger partial charge in [-0.3, -0.25) is 14.4 Å². The van der Waals surface area contributed by atoms with Crippen LogP contribution in [0.3, 0.4) is 0 Å². The van der Waals surface area contributed by atoms with Crippen molar-refractivity contribution in [3.8, 4) is 0 Å². The number of rotatable bonds is 4. The van der Waals surface area contributed by atoms with E-state index in [1.807, 2.05) is 30.3 Å². The van der Waals surface area contributed by atoms with Gasteiger partial charge in [-0.2, -0.15) is 0 Å². The quantitative estimate of drug-likeness (QED) is 0.792. The first-order valence-electron chi connectivity index (χ1n) is 10.4. The zero-order valence-corrected chi connectivity index (χ0v) is 18.2. The summed E-state index contributed by atoms with van der Waals surface area (Å²) in [6, 6.07) is 13.0. The van der Waals surface area contributed by atoms with Crippen LogP contribution in [-0.4, -0.2) is 61.9 Å². The first-order valence-corrected chi connectivity index (χ1v) is 10.8. The fourth-order valence-electron chi connectivity index (χ4n) is 4.13. The second-order valence-corrected chi connectivity index (χ2v) is 8.23. The van der Waals surface area contributed by atoms with Gasteiger partial charge in [0, 0.05) is 61.6 Å². The molecule has 31 heavy (non-hydrogen) atoms. The third-order valence-corrected chi connectivity index (χ3v) is 6.06. The van der Waals surface area contributed by atoms with E-state index >= 15 is 0 Å². The van der Waals surface area contributed by atoms with Crippen LogP contribution >= 0.6 is 11.6 Å². The molecule has 0 aliphatic carbocycles. The number of piperazine rings is 1. The number of fused-ring (bicyclic) bond motifs is 1. The summed E-state index contributed by atoms with van der Waals surface area (Å²) in [5, 5.41) is 3.42. The summed E-state index contributed by atoms with van der Waals surface area (Å²) in [7, 11) is 0. The summed E-state index contributed by atoms with van der Waals surface area (Å²) in [6.07, 6.45) is 0.728. The van der Waals surface area contributed by atoms with Gasteiger partial charge in [0.2, 0.25) is 11.8 Å². The van der Waals surface area contributed by atoms with Crippen molar-refractivity contribution in [2.24, 2.45) is 0 Å². The monoisotopic (exact) mass is 440 g/mol. The van der Waals surface area contributed by atoms with Gasteiger partial charge in [-0.25, -0.2) is 0 Å². The number of hydrogen-bond acceptors (Lipinski definition) is 4. The predicted octanol–water partition coefficient (Wildman–Crippen LogP) is 2.33. The number of amides is 3. The molecule has 1 N–H and O–H groups in total. The second kappa shape index (κ2) is 8.98. The minimum absolute atomic E-state index is 0.00277. The van der Waals surface area contributed by atoms with Crippen molar-refractivity contribution < 1.29 is 14.4 Å². The Kier molecular flexibility index (Phi) is 6.13. The maximum absolute atomic E-state index is 12.6. The minimum atomic E-state index is -0.282. The molecule has 0 unspecified atom stereocenters. The average Bonchev–Trinajstić information content (AvgIpc) is 3.21. The normalized spacial score (nSPS) is 15.6. The molecule has 2 heterocycles. The molecule has 3 amide bonds. The molecule has 162 valence electrons. The van der Waals surface area contributed by atoms with E-state index < -0.39 is 0 Å². The summed E-state index contributed by atoms with van der Waals surface area (Å²) >= 11 is 6.07. The fourth-order valence-corrected chi connectivity index (χ4v) is 4.31. The van der Waals surface area contributed by atoms with Gasteiger partial charge in [-0.05, 0) is 48.4 Å². The molecule has 0 spiro atoms.